The predicted octanol–water partition coefficient (Wildman–Crippen LogP) is 0.419. The fourth-order valence-corrected chi connectivity index (χ4v) is 0.440. The Morgan fingerprint density at radius 2 is 1.00 bits per heavy atom. The van der Waals surface area contributed by atoms with Crippen LogP contribution in [-0.2, 0) is 9.47 Å². The second-order valence-corrected chi connectivity index (χ2v) is 3.40. The second-order valence-electron chi connectivity index (χ2n) is 3.40. The molecule has 1 fully saturated rings. The minimum absolute atomic E-state index is 0.500. The number of hydrogen-bond acceptors (Lipinski definition) is 4. The molecule has 82 valence electrons. The van der Waals surface area contributed by atoms with Crippen molar-refractivity contribution in [1.29, 1.82) is 0 Å². The molecule has 1 saturated heterocycles. The Kier molecular flexibility index (Phi) is 11.7. The summed E-state index contributed by atoms with van der Waals surface area (Å²) in [5, 5.41) is 15.5. The zero-order chi connectivity index (χ0) is 10.7. The number of aliphatic hydroxyl groups excluding tert-OH is 1. The van der Waals surface area contributed by atoms with Gasteiger partial charge in [0.15, 0.2) is 0 Å². The Morgan fingerprint density at radius 3 is 1.08 bits per heavy atom. The average Bonchev–Trinajstić information content (AvgIpc) is 2.08. The van der Waals surface area contributed by atoms with Gasteiger partial charge in [-0.05, 0) is 20.8 Å². The van der Waals surface area contributed by atoms with Crippen molar-refractivity contribution >= 4 is 0 Å². The van der Waals surface area contributed by atoms with E-state index in [0.717, 1.165) is 33.5 Å². The monoisotopic (exact) mass is 194 g/mol. The number of hydrogen-bond donors (Lipinski definition) is 2. The molecule has 0 aromatic rings. The smallest absolute Gasteiger partial charge is 0.0701 e. The van der Waals surface area contributed by atoms with Gasteiger partial charge in [-0.1, -0.05) is 0 Å². The lowest BCUT2D eigenvalue weighted by Crippen LogP contribution is -2.16. The van der Waals surface area contributed by atoms with E-state index in [1.165, 1.54) is 0 Å². The van der Waals surface area contributed by atoms with E-state index in [1.807, 2.05) is 0 Å². The van der Waals surface area contributed by atoms with E-state index in [9.17, 15) is 0 Å². The van der Waals surface area contributed by atoms with Crippen LogP contribution in [0.4, 0.5) is 0 Å². The van der Waals surface area contributed by atoms with Gasteiger partial charge in [0.1, 0.15) is 0 Å². The summed E-state index contributed by atoms with van der Waals surface area (Å²) in [5.41, 5.74) is -0.500. The molecule has 13 heavy (non-hydrogen) atoms. The maximum absolute atomic E-state index is 8.52. The van der Waals surface area contributed by atoms with E-state index in [0.29, 0.717) is 0 Å². The highest BCUT2D eigenvalue weighted by Gasteiger charge is 1.97. The van der Waals surface area contributed by atoms with Crippen molar-refractivity contribution in [3.63, 3.8) is 0 Å². The summed E-state index contributed by atoms with van der Waals surface area (Å²) in [4.78, 5) is 0. The van der Waals surface area contributed by atoms with Crippen LogP contribution < -0.4 is 0 Å². The van der Waals surface area contributed by atoms with Gasteiger partial charge < -0.3 is 19.7 Å². The van der Waals surface area contributed by atoms with Gasteiger partial charge >= 0.3 is 0 Å². The van der Waals surface area contributed by atoms with Crippen molar-refractivity contribution < 1.29 is 19.7 Å². The molecule has 2 N–H and O–H groups in total. The first-order valence-electron chi connectivity index (χ1n) is 4.33. The van der Waals surface area contributed by atoms with Crippen molar-refractivity contribution in [3.8, 4) is 0 Å². The van der Waals surface area contributed by atoms with E-state index in [4.69, 9.17) is 19.7 Å². The lowest BCUT2D eigenvalue weighted by Gasteiger charge is -2.09. The van der Waals surface area contributed by atoms with Crippen LogP contribution in [0.5, 0.6) is 0 Å². The van der Waals surface area contributed by atoms with Crippen LogP contribution in [0.15, 0.2) is 0 Å². The first kappa shape index (κ1) is 15.3. The third kappa shape index (κ3) is 33.6. The minimum Gasteiger partial charge on any atom is -0.400 e. The highest BCUT2D eigenvalue weighted by molar-refractivity contribution is 4.50. The maximum atomic E-state index is 8.52. The number of aliphatic hydroxyl groups is 2. The van der Waals surface area contributed by atoms with Gasteiger partial charge in [-0.15, -0.1) is 0 Å². The van der Waals surface area contributed by atoms with Crippen LogP contribution >= 0.6 is 0 Å². The van der Waals surface area contributed by atoms with E-state index in [1.54, 1.807) is 20.8 Å². The highest BCUT2D eigenvalue weighted by atomic mass is 16.6. The van der Waals surface area contributed by atoms with Crippen molar-refractivity contribution in [2.75, 3.05) is 33.5 Å². The summed E-state index contributed by atoms with van der Waals surface area (Å²) >= 11 is 0. The third-order valence-corrected chi connectivity index (χ3v) is 0.744. The topological polar surface area (TPSA) is 58.9 Å². The lowest BCUT2D eigenvalue weighted by atomic mass is 10.2. The van der Waals surface area contributed by atoms with Gasteiger partial charge in [0, 0.05) is 7.11 Å². The molecule has 4 heteroatoms. The van der Waals surface area contributed by atoms with Crippen molar-refractivity contribution in [2.24, 2.45) is 0 Å². The first-order valence-corrected chi connectivity index (χ1v) is 4.33. The summed E-state index contributed by atoms with van der Waals surface area (Å²) in [6, 6.07) is 0. The van der Waals surface area contributed by atoms with Gasteiger partial charge in [-0.25, -0.2) is 0 Å². The lowest BCUT2D eigenvalue weighted by molar-refractivity contribution is -0.0334. The van der Waals surface area contributed by atoms with Crippen LogP contribution in [0, 0.1) is 0 Å². The molecule has 0 aromatic heterocycles. The third-order valence-electron chi connectivity index (χ3n) is 0.744. The fourth-order valence-electron chi connectivity index (χ4n) is 0.440. The van der Waals surface area contributed by atoms with Crippen molar-refractivity contribution in [2.45, 2.75) is 26.4 Å². The van der Waals surface area contributed by atoms with Crippen LogP contribution in [-0.4, -0.2) is 49.4 Å². The zero-order valence-electron chi connectivity index (χ0n) is 9.04. The molecular formula is C9H22O4. The largest absolute Gasteiger partial charge is 0.400 e. The summed E-state index contributed by atoms with van der Waals surface area (Å²) in [6.07, 6.45) is 0. The predicted molar refractivity (Wildman–Crippen MR) is 51.8 cm³/mol. The Labute approximate surface area is 80.5 Å². The standard InChI is InChI=1S/C4H8O2.C4H10O.CH4O/c1-2-6-4-3-5-1;1-4(2,3)5;1-2/h1-4H2;5H,1-3H3;2H,1H3. The van der Waals surface area contributed by atoms with E-state index < -0.39 is 5.60 Å². The molecule has 1 rings (SSSR count). The van der Waals surface area contributed by atoms with Gasteiger partial charge in [0.2, 0.25) is 0 Å². The molecule has 0 saturated carbocycles. The molecule has 0 amide bonds. The molecule has 0 atom stereocenters. The number of rotatable bonds is 0. The van der Waals surface area contributed by atoms with Crippen LogP contribution in [0.3, 0.4) is 0 Å². The fraction of sp³-hybridized carbons (Fsp3) is 1.00. The average molecular weight is 194 g/mol. The second kappa shape index (κ2) is 9.92. The van der Waals surface area contributed by atoms with Gasteiger partial charge in [0.25, 0.3) is 0 Å². The van der Waals surface area contributed by atoms with E-state index >= 15 is 0 Å². The molecule has 1 aliphatic rings. The Bertz CT molecular complexity index is 66.6. The van der Waals surface area contributed by atoms with E-state index in [-0.39, 0.29) is 0 Å². The van der Waals surface area contributed by atoms with Gasteiger partial charge in [-0.3, -0.25) is 0 Å². The van der Waals surface area contributed by atoms with Crippen molar-refractivity contribution in [3.05, 3.63) is 0 Å². The molecule has 0 aliphatic carbocycles. The van der Waals surface area contributed by atoms with E-state index in [2.05, 4.69) is 0 Å². The molecule has 0 bridgehead atoms. The number of ether oxygens (including phenoxy) is 2. The normalized spacial score (nSPS) is 16.2. The van der Waals surface area contributed by atoms with Crippen molar-refractivity contribution in [1.82, 2.24) is 0 Å². The van der Waals surface area contributed by atoms with Crippen LogP contribution in [0.1, 0.15) is 20.8 Å². The minimum atomic E-state index is -0.500. The molecule has 1 heterocycles. The Morgan fingerprint density at radius 1 is 0.846 bits per heavy atom. The molecule has 1 aliphatic heterocycles. The van der Waals surface area contributed by atoms with Gasteiger partial charge in [-0.2, -0.15) is 0 Å². The molecular weight excluding hydrogens is 172 g/mol. The maximum Gasteiger partial charge on any atom is 0.0701 e. The molecule has 0 spiro atoms. The molecule has 0 radical (unpaired) electrons. The van der Waals surface area contributed by atoms with Crippen LogP contribution in [0.2, 0.25) is 0 Å². The molecule has 0 aromatic carbocycles. The van der Waals surface area contributed by atoms with Gasteiger partial charge in [0.05, 0.1) is 32.0 Å². The molecule has 4 nitrogen and oxygen atoms in total. The SMILES string of the molecule is C1COCCO1.CC(C)(C)O.CO. The summed E-state index contributed by atoms with van der Waals surface area (Å²) in [5.74, 6) is 0. The Hall–Kier alpha value is -0.160. The summed E-state index contributed by atoms with van der Waals surface area (Å²) in [7, 11) is 1.00. The Balaban J connectivity index is 0. The first-order chi connectivity index (χ1) is 6.00. The summed E-state index contributed by atoms with van der Waals surface area (Å²) in [6.45, 7) is 8.34. The molecule has 0 unspecified atom stereocenters. The van der Waals surface area contributed by atoms with Crippen LogP contribution in [0.25, 0.3) is 0 Å². The quantitative estimate of drug-likeness (QED) is 0.586. The summed E-state index contributed by atoms with van der Waals surface area (Å²) < 4.78 is 9.89. The zero-order valence-corrected chi connectivity index (χ0v) is 9.04. The highest BCUT2D eigenvalue weighted by Crippen LogP contribution is 1.93.